The van der Waals surface area contributed by atoms with Crippen molar-refractivity contribution in [1.82, 2.24) is 9.21 Å². The number of nitrogens with zero attached hydrogens (tertiary/aromatic N) is 3. The summed E-state index contributed by atoms with van der Waals surface area (Å²) in [6.07, 6.45) is 1.07. The Balaban J connectivity index is 2.06. The number of nitro benzene ring substituents is 1. The van der Waals surface area contributed by atoms with Gasteiger partial charge in [0.25, 0.3) is 11.6 Å². The number of benzene rings is 1. The van der Waals surface area contributed by atoms with Crippen molar-refractivity contribution in [2.45, 2.75) is 25.8 Å². The molecule has 1 aromatic rings. The van der Waals surface area contributed by atoms with Crippen molar-refractivity contribution >= 4 is 33.2 Å². The lowest BCUT2D eigenvalue weighted by molar-refractivity contribution is -0.384. The number of nitro groups is 1. The first-order valence-electron chi connectivity index (χ1n) is 7.86. The van der Waals surface area contributed by atoms with E-state index in [0.717, 1.165) is 6.07 Å². The molecule has 0 atom stereocenters. The van der Waals surface area contributed by atoms with Crippen molar-refractivity contribution in [1.29, 1.82) is 0 Å². The highest BCUT2D eigenvalue weighted by Gasteiger charge is 2.31. The van der Waals surface area contributed by atoms with Crippen molar-refractivity contribution < 1.29 is 18.1 Å². The Hall–Kier alpha value is -1.71. The van der Waals surface area contributed by atoms with E-state index in [9.17, 15) is 23.3 Å². The number of sulfonamides is 1. The van der Waals surface area contributed by atoms with Crippen LogP contribution >= 0.6 is 11.6 Å². The molecule has 8 nitrogen and oxygen atoms in total. The van der Waals surface area contributed by atoms with E-state index in [1.165, 1.54) is 16.4 Å². The van der Waals surface area contributed by atoms with E-state index in [-0.39, 0.29) is 34.0 Å². The van der Waals surface area contributed by atoms with Crippen LogP contribution < -0.4 is 0 Å². The van der Waals surface area contributed by atoms with Crippen LogP contribution in [-0.2, 0) is 10.0 Å². The van der Waals surface area contributed by atoms with Gasteiger partial charge >= 0.3 is 0 Å². The minimum absolute atomic E-state index is 0.0343. The molecule has 0 radical (unpaired) electrons. The smallest absolute Gasteiger partial charge is 0.270 e. The topological polar surface area (TPSA) is 101 Å². The zero-order valence-electron chi connectivity index (χ0n) is 14.0. The van der Waals surface area contributed by atoms with Gasteiger partial charge in [0.2, 0.25) is 10.0 Å². The lowest BCUT2D eigenvalue weighted by atomic mass is 10.0. The van der Waals surface area contributed by atoms with E-state index in [4.69, 9.17) is 11.6 Å². The van der Waals surface area contributed by atoms with Crippen molar-refractivity contribution in [2.75, 3.05) is 25.9 Å². The summed E-state index contributed by atoms with van der Waals surface area (Å²) in [7, 11) is -1.70. The Morgan fingerprint density at radius 2 is 2.00 bits per heavy atom. The maximum atomic E-state index is 12.6. The van der Waals surface area contributed by atoms with Crippen LogP contribution in [-0.4, -0.2) is 60.4 Å². The molecule has 1 aromatic carbocycles. The largest absolute Gasteiger partial charge is 0.338 e. The third-order valence-corrected chi connectivity index (χ3v) is 6.68. The van der Waals surface area contributed by atoms with Crippen LogP contribution in [0.15, 0.2) is 18.2 Å². The van der Waals surface area contributed by atoms with Crippen molar-refractivity contribution in [3.8, 4) is 0 Å². The number of carbonyl (C=O) groups is 1. The second-order valence-corrected chi connectivity index (χ2v) is 8.59. The first kappa shape index (κ1) is 19.6. The number of carbonyl (C=O) groups excluding carboxylic acids is 1. The number of rotatable bonds is 5. The van der Waals surface area contributed by atoms with Gasteiger partial charge in [0.1, 0.15) is 0 Å². The molecule has 0 N–H and O–H groups in total. The summed E-state index contributed by atoms with van der Waals surface area (Å²) in [5.74, 6) is -0.263. The molecule has 138 valence electrons. The van der Waals surface area contributed by atoms with E-state index in [0.29, 0.717) is 25.9 Å². The quantitative estimate of drug-likeness (QED) is 0.567. The molecule has 1 saturated heterocycles. The number of amides is 1. The molecule has 1 aliphatic rings. The van der Waals surface area contributed by atoms with Gasteiger partial charge in [-0.2, -0.15) is 0 Å². The van der Waals surface area contributed by atoms with E-state index in [1.807, 2.05) is 0 Å². The maximum Gasteiger partial charge on any atom is 0.270 e. The Bertz CT molecular complexity index is 775. The van der Waals surface area contributed by atoms with Crippen LogP contribution in [0.1, 0.15) is 30.1 Å². The molecule has 0 aromatic heterocycles. The van der Waals surface area contributed by atoms with Crippen LogP contribution in [0.2, 0.25) is 5.02 Å². The molecular formula is C15H20ClN3O5S. The Kier molecular flexibility index (Phi) is 6.02. The summed E-state index contributed by atoms with van der Waals surface area (Å²) in [6, 6.07) is 3.61. The second kappa shape index (κ2) is 7.67. The molecule has 2 rings (SSSR count). The standard InChI is InChI=1S/C15H20ClN3O5S/c1-3-25(23,24)17(2)11-6-8-18(9-7-11)15(20)13-5-4-12(19(21)22)10-14(13)16/h4-5,10-11H,3,6-9H2,1-2H3. The van der Waals surface area contributed by atoms with Crippen LogP contribution in [0, 0.1) is 10.1 Å². The Labute approximate surface area is 151 Å². The minimum Gasteiger partial charge on any atom is -0.338 e. The molecule has 0 spiro atoms. The first-order chi connectivity index (χ1) is 11.7. The molecule has 1 fully saturated rings. The minimum atomic E-state index is -3.26. The van der Waals surface area contributed by atoms with Crippen LogP contribution in [0.5, 0.6) is 0 Å². The Morgan fingerprint density at radius 3 is 2.48 bits per heavy atom. The van der Waals surface area contributed by atoms with Gasteiger partial charge < -0.3 is 4.90 Å². The van der Waals surface area contributed by atoms with Crippen LogP contribution in [0.3, 0.4) is 0 Å². The highest BCUT2D eigenvalue weighted by molar-refractivity contribution is 7.89. The SMILES string of the molecule is CCS(=O)(=O)N(C)C1CCN(C(=O)c2ccc([N+](=O)[O-])cc2Cl)CC1. The molecule has 1 heterocycles. The summed E-state index contributed by atoms with van der Waals surface area (Å²) in [5, 5.41) is 10.8. The zero-order valence-corrected chi connectivity index (χ0v) is 15.6. The number of likely N-dealkylation sites (tertiary alicyclic amines) is 1. The lowest BCUT2D eigenvalue weighted by Gasteiger charge is -2.36. The first-order valence-corrected chi connectivity index (χ1v) is 9.85. The zero-order chi connectivity index (χ0) is 18.8. The third kappa shape index (κ3) is 4.28. The van der Waals surface area contributed by atoms with Gasteiger partial charge in [-0.3, -0.25) is 14.9 Å². The summed E-state index contributed by atoms with van der Waals surface area (Å²) in [4.78, 5) is 24.3. The Morgan fingerprint density at radius 1 is 1.40 bits per heavy atom. The summed E-state index contributed by atoms with van der Waals surface area (Å²) >= 11 is 6.01. The number of halogens is 1. The molecule has 1 amide bonds. The predicted molar refractivity (Wildman–Crippen MR) is 94.3 cm³/mol. The fraction of sp³-hybridized carbons (Fsp3) is 0.533. The number of hydrogen-bond donors (Lipinski definition) is 0. The highest BCUT2D eigenvalue weighted by atomic mass is 35.5. The molecule has 0 bridgehead atoms. The van der Waals surface area contributed by atoms with Crippen molar-refractivity contribution in [2.24, 2.45) is 0 Å². The van der Waals surface area contributed by atoms with Gasteiger partial charge in [0.15, 0.2) is 0 Å². The van der Waals surface area contributed by atoms with Gasteiger partial charge in [-0.05, 0) is 25.8 Å². The van der Waals surface area contributed by atoms with Crippen molar-refractivity contribution in [3.05, 3.63) is 38.9 Å². The maximum absolute atomic E-state index is 12.6. The van der Waals surface area contributed by atoms with E-state index < -0.39 is 14.9 Å². The summed E-state index contributed by atoms with van der Waals surface area (Å²) in [6.45, 7) is 2.40. The third-order valence-electron chi connectivity index (χ3n) is 4.46. The number of hydrogen-bond acceptors (Lipinski definition) is 5. The molecule has 0 saturated carbocycles. The van der Waals surface area contributed by atoms with Crippen molar-refractivity contribution in [3.63, 3.8) is 0 Å². The molecule has 0 unspecified atom stereocenters. The average molecular weight is 390 g/mol. The van der Waals surface area contributed by atoms with Gasteiger partial charge in [-0.1, -0.05) is 11.6 Å². The van der Waals surface area contributed by atoms with Gasteiger partial charge in [0.05, 0.1) is 21.3 Å². The fourth-order valence-corrected chi connectivity index (χ4v) is 4.15. The van der Waals surface area contributed by atoms with Crippen LogP contribution in [0.4, 0.5) is 5.69 Å². The van der Waals surface area contributed by atoms with E-state index >= 15 is 0 Å². The molecular weight excluding hydrogens is 370 g/mol. The summed E-state index contributed by atoms with van der Waals surface area (Å²) < 4.78 is 25.3. The molecule has 10 heteroatoms. The van der Waals surface area contributed by atoms with E-state index in [1.54, 1.807) is 18.9 Å². The lowest BCUT2D eigenvalue weighted by Crippen LogP contribution is -2.47. The number of piperidine rings is 1. The molecule has 0 aliphatic carbocycles. The summed E-state index contributed by atoms with van der Waals surface area (Å²) in [5.41, 5.74) is 0.0342. The van der Waals surface area contributed by atoms with Gasteiger partial charge in [-0.15, -0.1) is 0 Å². The number of non-ortho nitro benzene ring substituents is 1. The predicted octanol–water partition coefficient (Wildman–Crippen LogP) is 2.13. The van der Waals surface area contributed by atoms with Gasteiger partial charge in [0, 0.05) is 38.3 Å². The molecule has 1 aliphatic heterocycles. The van der Waals surface area contributed by atoms with Gasteiger partial charge in [-0.25, -0.2) is 12.7 Å². The fourth-order valence-electron chi connectivity index (χ4n) is 2.82. The van der Waals surface area contributed by atoms with Crippen LogP contribution in [0.25, 0.3) is 0 Å². The average Bonchev–Trinajstić information content (AvgIpc) is 2.60. The normalized spacial score (nSPS) is 16.2. The molecule has 25 heavy (non-hydrogen) atoms. The second-order valence-electron chi connectivity index (χ2n) is 5.86. The highest BCUT2D eigenvalue weighted by Crippen LogP contribution is 2.26. The monoisotopic (exact) mass is 389 g/mol. The van der Waals surface area contributed by atoms with E-state index in [2.05, 4.69) is 0 Å².